The Morgan fingerprint density at radius 2 is 1.73 bits per heavy atom. The molecular weight excluding hydrogens is 507 g/mol. The predicted molar refractivity (Wildman–Crippen MR) is 158 cm³/mol. The van der Waals surface area contributed by atoms with Gasteiger partial charge in [0, 0.05) is 62.5 Å². The van der Waals surface area contributed by atoms with Gasteiger partial charge < -0.3 is 24.8 Å². The van der Waals surface area contributed by atoms with Gasteiger partial charge in [0.1, 0.15) is 5.82 Å². The number of likely N-dealkylation sites (N-methyl/N-ethyl adjacent to an activating group) is 1. The van der Waals surface area contributed by atoms with Crippen molar-refractivity contribution in [3.05, 3.63) is 72.2 Å². The number of amides is 1. The number of aromatic nitrogens is 2. The minimum atomic E-state index is -0.319. The maximum atomic E-state index is 15.8. The number of para-hydroxylation sites is 1. The zero-order chi connectivity index (χ0) is 27.8. The standard InChI is InChI=1S/C31H35FN6O2/c1-21-20-38(13-12-35(21)2)29-19-26(32)25(22-8-10-23(11-9-22)37-14-16-40-17-15-37)18-27(29)33-31(39)30-24-6-4-5-7-28(24)36(3)34-30/h4-11,18-19,21H,12-17,20H2,1-3H3,(H,33,39)/t21-/m1/s1. The van der Waals surface area contributed by atoms with E-state index in [4.69, 9.17) is 4.74 Å². The lowest BCUT2D eigenvalue weighted by atomic mass is 10.0. The first-order valence-electron chi connectivity index (χ1n) is 13.8. The summed E-state index contributed by atoms with van der Waals surface area (Å²) >= 11 is 0. The van der Waals surface area contributed by atoms with Crippen molar-refractivity contribution in [2.24, 2.45) is 7.05 Å². The molecule has 2 fully saturated rings. The summed E-state index contributed by atoms with van der Waals surface area (Å²) in [4.78, 5) is 20.3. The van der Waals surface area contributed by atoms with Crippen LogP contribution in [0.25, 0.3) is 22.0 Å². The second-order valence-electron chi connectivity index (χ2n) is 10.7. The van der Waals surface area contributed by atoms with Crippen LogP contribution in [-0.4, -0.2) is 79.6 Å². The van der Waals surface area contributed by atoms with E-state index in [9.17, 15) is 4.79 Å². The number of piperazine rings is 1. The minimum absolute atomic E-state index is 0.299. The average Bonchev–Trinajstić information content (AvgIpc) is 3.32. The molecule has 3 aromatic carbocycles. The third kappa shape index (κ3) is 5.02. The van der Waals surface area contributed by atoms with Crippen molar-refractivity contribution >= 4 is 33.9 Å². The Hall–Kier alpha value is -3.95. The van der Waals surface area contributed by atoms with Crippen LogP contribution < -0.4 is 15.1 Å². The van der Waals surface area contributed by atoms with Crippen LogP contribution in [0.3, 0.4) is 0 Å². The second-order valence-corrected chi connectivity index (χ2v) is 10.7. The van der Waals surface area contributed by atoms with Crippen LogP contribution in [0, 0.1) is 5.82 Å². The van der Waals surface area contributed by atoms with Gasteiger partial charge in [0.2, 0.25) is 0 Å². The monoisotopic (exact) mass is 542 g/mol. The van der Waals surface area contributed by atoms with Crippen molar-refractivity contribution in [3.8, 4) is 11.1 Å². The molecule has 6 rings (SSSR count). The molecule has 0 saturated carbocycles. The normalized spacial score (nSPS) is 18.4. The summed E-state index contributed by atoms with van der Waals surface area (Å²) in [6, 6.07) is 19.2. The number of nitrogens with zero attached hydrogens (tertiary/aromatic N) is 5. The van der Waals surface area contributed by atoms with E-state index in [1.807, 2.05) is 55.6 Å². The third-order valence-corrected chi connectivity index (χ3v) is 8.16. The number of halogens is 1. The first kappa shape index (κ1) is 26.3. The van der Waals surface area contributed by atoms with Gasteiger partial charge in [-0.15, -0.1) is 0 Å². The van der Waals surface area contributed by atoms with Crippen LogP contribution in [0.2, 0.25) is 0 Å². The summed E-state index contributed by atoms with van der Waals surface area (Å²) in [7, 11) is 3.92. The van der Waals surface area contributed by atoms with E-state index in [0.29, 0.717) is 41.9 Å². The summed E-state index contributed by atoms with van der Waals surface area (Å²) < 4.78 is 23.0. The highest BCUT2D eigenvalue weighted by atomic mass is 19.1. The third-order valence-electron chi connectivity index (χ3n) is 8.16. The molecule has 40 heavy (non-hydrogen) atoms. The quantitative estimate of drug-likeness (QED) is 0.398. The Bertz CT molecular complexity index is 1530. The van der Waals surface area contributed by atoms with Crippen LogP contribution in [0.5, 0.6) is 0 Å². The Balaban J connectivity index is 1.37. The zero-order valence-electron chi connectivity index (χ0n) is 23.2. The molecule has 4 aromatic rings. The second kappa shape index (κ2) is 10.9. The number of rotatable bonds is 5. The van der Waals surface area contributed by atoms with Crippen LogP contribution in [0.1, 0.15) is 17.4 Å². The van der Waals surface area contributed by atoms with Gasteiger partial charge in [-0.05, 0) is 49.9 Å². The van der Waals surface area contributed by atoms with Crippen LogP contribution in [0.15, 0.2) is 60.7 Å². The number of morpholine rings is 1. The van der Waals surface area contributed by atoms with Gasteiger partial charge in [-0.25, -0.2) is 4.39 Å². The molecule has 3 heterocycles. The molecule has 9 heteroatoms. The zero-order valence-corrected chi connectivity index (χ0v) is 23.2. The number of nitrogens with one attached hydrogen (secondary N) is 1. The lowest BCUT2D eigenvalue weighted by Gasteiger charge is -2.39. The van der Waals surface area contributed by atoms with Crippen LogP contribution in [0.4, 0.5) is 21.5 Å². The maximum absolute atomic E-state index is 15.8. The Morgan fingerprint density at radius 1 is 0.975 bits per heavy atom. The molecule has 0 radical (unpaired) electrons. The van der Waals surface area contributed by atoms with Crippen molar-refractivity contribution in [2.75, 3.05) is 68.1 Å². The molecule has 8 nitrogen and oxygen atoms in total. The van der Waals surface area contributed by atoms with Crippen LogP contribution in [-0.2, 0) is 11.8 Å². The van der Waals surface area contributed by atoms with E-state index in [0.717, 1.165) is 54.9 Å². The average molecular weight is 543 g/mol. The summed E-state index contributed by atoms with van der Waals surface area (Å²) in [6.07, 6.45) is 0. The molecule has 208 valence electrons. The molecule has 0 spiro atoms. The highest BCUT2D eigenvalue weighted by Gasteiger charge is 2.26. The fourth-order valence-electron chi connectivity index (χ4n) is 5.65. The van der Waals surface area contributed by atoms with Crippen molar-refractivity contribution in [2.45, 2.75) is 13.0 Å². The Labute approximate surface area is 233 Å². The smallest absolute Gasteiger partial charge is 0.276 e. The molecule has 1 N–H and O–H groups in total. The molecule has 0 unspecified atom stereocenters. The van der Waals surface area contributed by atoms with E-state index in [1.54, 1.807) is 16.8 Å². The fraction of sp³-hybridized carbons (Fsp3) is 0.355. The van der Waals surface area contributed by atoms with E-state index < -0.39 is 0 Å². The van der Waals surface area contributed by atoms with E-state index in [-0.39, 0.29) is 11.7 Å². The van der Waals surface area contributed by atoms with Gasteiger partial charge >= 0.3 is 0 Å². The number of hydrogen-bond donors (Lipinski definition) is 1. The number of carbonyl (C=O) groups excluding carboxylic acids is 1. The largest absolute Gasteiger partial charge is 0.378 e. The van der Waals surface area contributed by atoms with Gasteiger partial charge in [-0.1, -0.05) is 30.3 Å². The topological polar surface area (TPSA) is 65.9 Å². The summed E-state index contributed by atoms with van der Waals surface area (Å²) in [6.45, 7) is 7.57. The van der Waals surface area contributed by atoms with Gasteiger partial charge in [-0.3, -0.25) is 9.48 Å². The Morgan fingerprint density at radius 3 is 2.48 bits per heavy atom. The molecule has 1 amide bonds. The fourth-order valence-corrected chi connectivity index (χ4v) is 5.65. The van der Waals surface area contributed by atoms with Gasteiger partial charge in [0.05, 0.1) is 30.1 Å². The molecule has 2 saturated heterocycles. The first-order valence-corrected chi connectivity index (χ1v) is 13.8. The minimum Gasteiger partial charge on any atom is -0.378 e. The van der Waals surface area contributed by atoms with E-state index in [1.165, 1.54) is 0 Å². The van der Waals surface area contributed by atoms with E-state index >= 15 is 4.39 Å². The maximum Gasteiger partial charge on any atom is 0.276 e. The van der Waals surface area contributed by atoms with Crippen molar-refractivity contribution in [1.82, 2.24) is 14.7 Å². The van der Waals surface area contributed by atoms with Crippen molar-refractivity contribution < 1.29 is 13.9 Å². The van der Waals surface area contributed by atoms with Crippen molar-refractivity contribution in [3.63, 3.8) is 0 Å². The molecule has 0 aliphatic carbocycles. The molecule has 1 aromatic heterocycles. The number of carbonyl (C=O) groups is 1. The molecular formula is C31H35FN6O2. The number of aryl methyl sites for hydroxylation is 1. The SMILES string of the molecule is C[C@@H]1CN(c2cc(F)c(-c3ccc(N4CCOCC4)cc3)cc2NC(=O)c2nn(C)c3ccccc23)CCN1C. The predicted octanol–water partition coefficient (Wildman–Crippen LogP) is 4.61. The lowest BCUT2D eigenvalue weighted by Crippen LogP contribution is -2.50. The molecule has 1 atom stereocenters. The van der Waals surface area contributed by atoms with Crippen LogP contribution >= 0.6 is 0 Å². The highest BCUT2D eigenvalue weighted by molar-refractivity contribution is 6.12. The molecule has 2 aliphatic rings. The van der Waals surface area contributed by atoms with Gasteiger partial charge in [0.25, 0.3) is 5.91 Å². The number of anilines is 3. The van der Waals surface area contributed by atoms with Gasteiger partial charge in [0.15, 0.2) is 5.69 Å². The number of hydrogen-bond acceptors (Lipinski definition) is 6. The number of benzene rings is 3. The summed E-state index contributed by atoms with van der Waals surface area (Å²) in [5.41, 5.74) is 4.76. The first-order chi connectivity index (χ1) is 19.4. The Kier molecular flexibility index (Phi) is 7.16. The lowest BCUT2D eigenvalue weighted by molar-refractivity contribution is 0.102. The molecule has 0 bridgehead atoms. The number of ether oxygens (including phenoxy) is 1. The van der Waals surface area contributed by atoms with Gasteiger partial charge in [-0.2, -0.15) is 5.10 Å². The summed E-state index contributed by atoms with van der Waals surface area (Å²) in [5, 5.41) is 8.37. The van der Waals surface area contributed by atoms with E-state index in [2.05, 4.69) is 39.1 Å². The summed E-state index contributed by atoms with van der Waals surface area (Å²) in [5.74, 6) is -0.637. The molecule has 2 aliphatic heterocycles. The van der Waals surface area contributed by atoms with Crippen molar-refractivity contribution in [1.29, 1.82) is 0 Å². The highest BCUT2D eigenvalue weighted by Crippen LogP contribution is 2.36. The number of fused-ring (bicyclic) bond motifs is 1.